The van der Waals surface area contributed by atoms with Gasteiger partial charge in [0.15, 0.2) is 5.78 Å². The molecule has 0 amide bonds. The number of hydrogen-bond donors (Lipinski definition) is 0. The van der Waals surface area contributed by atoms with E-state index in [9.17, 15) is 4.79 Å². The molecule has 0 spiro atoms. The number of hydrogen-bond acceptors (Lipinski definition) is 1. The first-order valence-electron chi connectivity index (χ1n) is 4.59. The molecule has 1 rings (SSSR count). The van der Waals surface area contributed by atoms with Gasteiger partial charge in [0.05, 0.1) is 0 Å². The van der Waals surface area contributed by atoms with E-state index < -0.39 is 0 Å². The van der Waals surface area contributed by atoms with Crippen LogP contribution in [-0.2, 0) is 4.79 Å². The van der Waals surface area contributed by atoms with Crippen LogP contribution in [0.4, 0.5) is 0 Å². The highest BCUT2D eigenvalue weighted by atomic mass is 16.1. The Morgan fingerprint density at radius 1 is 1.67 bits per heavy atom. The molecule has 1 atom stereocenters. The predicted octanol–water partition coefficient (Wildman–Crippen LogP) is 2.88. The molecule has 1 heteroatoms. The molecule has 0 bridgehead atoms. The number of carbonyl (C=O) groups excluding carboxylic acids is 1. The summed E-state index contributed by atoms with van der Waals surface area (Å²) in [6.45, 7) is 3.81. The predicted molar refractivity (Wildman–Crippen MR) is 50.9 cm³/mol. The van der Waals surface area contributed by atoms with E-state index in [0.29, 0.717) is 5.92 Å². The summed E-state index contributed by atoms with van der Waals surface area (Å²) in [4.78, 5) is 10.7. The van der Waals surface area contributed by atoms with Crippen molar-refractivity contribution in [1.29, 1.82) is 0 Å². The Hall–Kier alpha value is -0.850. The molecule has 12 heavy (non-hydrogen) atoms. The van der Waals surface area contributed by atoms with Gasteiger partial charge in [-0.1, -0.05) is 19.1 Å². The number of ketones is 1. The maximum Gasteiger partial charge on any atom is 0.152 e. The zero-order valence-electron chi connectivity index (χ0n) is 7.84. The fraction of sp³-hybridized carbons (Fsp3) is 0.545. The second-order valence-corrected chi connectivity index (χ2v) is 3.48. The molecule has 0 saturated heterocycles. The number of rotatable bonds is 2. The van der Waals surface area contributed by atoms with Crippen molar-refractivity contribution in [2.75, 3.05) is 0 Å². The summed E-state index contributed by atoms with van der Waals surface area (Å²) in [5, 5.41) is 0. The van der Waals surface area contributed by atoms with E-state index in [4.69, 9.17) is 0 Å². The monoisotopic (exact) mass is 164 g/mol. The minimum absolute atomic E-state index is 0.133. The van der Waals surface area contributed by atoms with Crippen LogP contribution in [0.25, 0.3) is 0 Å². The Morgan fingerprint density at radius 3 is 3.00 bits per heavy atom. The standard InChI is InChI=1S/C11H16O/c1-9-5-3-4-6-11(9)8-7-10(2)12/h6-9H,3-5H2,1-2H3. The molecule has 0 aromatic carbocycles. The first-order valence-corrected chi connectivity index (χ1v) is 4.59. The second-order valence-electron chi connectivity index (χ2n) is 3.48. The van der Waals surface area contributed by atoms with Crippen molar-refractivity contribution >= 4 is 5.78 Å². The Morgan fingerprint density at radius 2 is 2.42 bits per heavy atom. The summed E-state index contributed by atoms with van der Waals surface area (Å²) in [6, 6.07) is 0. The lowest BCUT2D eigenvalue weighted by molar-refractivity contribution is -0.112. The van der Waals surface area contributed by atoms with Gasteiger partial charge >= 0.3 is 0 Å². The summed E-state index contributed by atoms with van der Waals surface area (Å²) in [7, 11) is 0. The quantitative estimate of drug-likeness (QED) is 0.573. The van der Waals surface area contributed by atoms with Gasteiger partial charge in [-0.15, -0.1) is 0 Å². The molecule has 0 N–H and O–H groups in total. The van der Waals surface area contributed by atoms with E-state index >= 15 is 0 Å². The van der Waals surface area contributed by atoms with Gasteiger partial charge in [0, 0.05) is 0 Å². The lowest BCUT2D eigenvalue weighted by atomic mass is 9.89. The lowest BCUT2D eigenvalue weighted by Gasteiger charge is -2.17. The Labute approximate surface area is 74.2 Å². The van der Waals surface area contributed by atoms with Crippen LogP contribution in [0, 0.1) is 5.92 Å². The van der Waals surface area contributed by atoms with Gasteiger partial charge < -0.3 is 0 Å². The maximum absolute atomic E-state index is 10.7. The minimum atomic E-state index is 0.133. The molecule has 0 fully saturated rings. The molecule has 0 aliphatic heterocycles. The van der Waals surface area contributed by atoms with Crippen LogP contribution in [0.2, 0.25) is 0 Å². The highest BCUT2D eigenvalue weighted by molar-refractivity contribution is 5.87. The van der Waals surface area contributed by atoms with Gasteiger partial charge in [-0.05, 0) is 43.8 Å². The average Bonchev–Trinajstić information content (AvgIpc) is 2.03. The summed E-state index contributed by atoms with van der Waals surface area (Å²) in [6.07, 6.45) is 9.59. The van der Waals surface area contributed by atoms with Crippen molar-refractivity contribution in [2.45, 2.75) is 33.1 Å². The smallest absolute Gasteiger partial charge is 0.152 e. The molecule has 0 radical (unpaired) electrons. The Bertz CT molecular complexity index is 223. The average molecular weight is 164 g/mol. The van der Waals surface area contributed by atoms with E-state index in [0.717, 1.165) is 0 Å². The fourth-order valence-corrected chi connectivity index (χ4v) is 1.51. The topological polar surface area (TPSA) is 17.1 Å². The van der Waals surface area contributed by atoms with Crippen LogP contribution in [0.3, 0.4) is 0 Å². The molecule has 0 aromatic heterocycles. The van der Waals surface area contributed by atoms with E-state index in [1.165, 1.54) is 24.8 Å². The zero-order valence-corrected chi connectivity index (χ0v) is 7.84. The van der Waals surface area contributed by atoms with Gasteiger partial charge in [-0.2, -0.15) is 0 Å². The fourth-order valence-electron chi connectivity index (χ4n) is 1.51. The zero-order chi connectivity index (χ0) is 8.97. The third-order valence-electron chi connectivity index (χ3n) is 2.30. The minimum Gasteiger partial charge on any atom is -0.295 e. The summed E-state index contributed by atoms with van der Waals surface area (Å²) >= 11 is 0. The molecular formula is C11H16O. The lowest BCUT2D eigenvalue weighted by Crippen LogP contribution is -2.02. The first kappa shape index (κ1) is 9.24. The van der Waals surface area contributed by atoms with Gasteiger partial charge in [-0.25, -0.2) is 0 Å². The van der Waals surface area contributed by atoms with Crippen LogP contribution in [0.15, 0.2) is 23.8 Å². The van der Waals surface area contributed by atoms with Gasteiger partial charge in [-0.3, -0.25) is 4.79 Å². The van der Waals surface area contributed by atoms with E-state index in [1.807, 2.05) is 6.08 Å². The Balaban J connectivity index is 2.60. The molecule has 1 unspecified atom stereocenters. The van der Waals surface area contributed by atoms with Crippen molar-refractivity contribution in [1.82, 2.24) is 0 Å². The van der Waals surface area contributed by atoms with E-state index in [-0.39, 0.29) is 5.78 Å². The third kappa shape index (κ3) is 2.65. The molecule has 1 aliphatic carbocycles. The summed E-state index contributed by atoms with van der Waals surface area (Å²) in [5.41, 5.74) is 1.33. The SMILES string of the molecule is CC(=O)C=CC1=CCCCC1C. The highest BCUT2D eigenvalue weighted by Gasteiger charge is 2.09. The molecule has 0 aromatic rings. The van der Waals surface area contributed by atoms with Crippen molar-refractivity contribution in [3.63, 3.8) is 0 Å². The van der Waals surface area contributed by atoms with Crippen LogP contribution in [0.5, 0.6) is 0 Å². The molecule has 0 heterocycles. The van der Waals surface area contributed by atoms with Crippen molar-refractivity contribution in [2.24, 2.45) is 5.92 Å². The maximum atomic E-state index is 10.7. The normalized spacial score (nSPS) is 24.2. The summed E-state index contributed by atoms with van der Waals surface area (Å²) in [5.74, 6) is 0.767. The van der Waals surface area contributed by atoms with Gasteiger partial charge in [0.25, 0.3) is 0 Å². The van der Waals surface area contributed by atoms with Crippen LogP contribution in [0.1, 0.15) is 33.1 Å². The first-order chi connectivity index (χ1) is 5.70. The van der Waals surface area contributed by atoms with Crippen molar-refractivity contribution in [3.05, 3.63) is 23.8 Å². The second kappa shape index (κ2) is 4.24. The summed E-state index contributed by atoms with van der Waals surface area (Å²) < 4.78 is 0. The molecule has 1 aliphatic rings. The molecule has 1 nitrogen and oxygen atoms in total. The molecule has 66 valence electrons. The number of carbonyl (C=O) groups is 1. The largest absolute Gasteiger partial charge is 0.295 e. The van der Waals surface area contributed by atoms with Crippen LogP contribution >= 0.6 is 0 Å². The van der Waals surface area contributed by atoms with Crippen LogP contribution in [-0.4, -0.2) is 5.78 Å². The van der Waals surface area contributed by atoms with Gasteiger partial charge in [0.1, 0.15) is 0 Å². The van der Waals surface area contributed by atoms with Crippen LogP contribution < -0.4 is 0 Å². The van der Waals surface area contributed by atoms with E-state index in [1.54, 1.807) is 13.0 Å². The Kier molecular flexibility index (Phi) is 3.27. The molecule has 0 saturated carbocycles. The van der Waals surface area contributed by atoms with Crippen molar-refractivity contribution in [3.8, 4) is 0 Å². The van der Waals surface area contributed by atoms with Crippen molar-refractivity contribution < 1.29 is 4.79 Å². The highest BCUT2D eigenvalue weighted by Crippen LogP contribution is 2.24. The number of allylic oxidation sites excluding steroid dienone is 4. The third-order valence-corrected chi connectivity index (χ3v) is 2.30. The molecular weight excluding hydrogens is 148 g/mol. The van der Waals surface area contributed by atoms with E-state index in [2.05, 4.69) is 13.0 Å². The van der Waals surface area contributed by atoms with Gasteiger partial charge in [0.2, 0.25) is 0 Å².